The first-order valence-corrected chi connectivity index (χ1v) is 8.52. The summed E-state index contributed by atoms with van der Waals surface area (Å²) in [6.45, 7) is 0. The number of aryl methyl sites for hydroxylation is 1. The quantitative estimate of drug-likeness (QED) is 0.648. The van der Waals surface area contributed by atoms with E-state index in [0.29, 0.717) is 24.0 Å². The van der Waals surface area contributed by atoms with E-state index in [0.717, 1.165) is 18.4 Å². The second kappa shape index (κ2) is 6.83. The van der Waals surface area contributed by atoms with Gasteiger partial charge in [0.1, 0.15) is 0 Å². The first-order chi connectivity index (χ1) is 9.96. The molecule has 0 amide bonds. The highest BCUT2D eigenvalue weighted by Gasteiger charge is 2.12. The first-order valence-electron chi connectivity index (χ1n) is 6.91. The van der Waals surface area contributed by atoms with E-state index in [1.807, 2.05) is 24.3 Å². The van der Waals surface area contributed by atoms with Gasteiger partial charge in [0.05, 0.1) is 5.75 Å². The van der Waals surface area contributed by atoms with Crippen LogP contribution < -0.4 is 0 Å². The lowest BCUT2D eigenvalue weighted by Gasteiger charge is -2.08. The Morgan fingerprint density at radius 2 is 2.05 bits per heavy atom. The van der Waals surface area contributed by atoms with Crippen LogP contribution in [0.5, 0.6) is 0 Å². The van der Waals surface area contributed by atoms with Crippen molar-refractivity contribution in [1.82, 2.24) is 0 Å². The Hall–Kier alpha value is -1.72. The van der Waals surface area contributed by atoms with E-state index in [4.69, 9.17) is 4.55 Å². The number of ketones is 1. The summed E-state index contributed by atoms with van der Waals surface area (Å²) >= 11 is 0. The van der Waals surface area contributed by atoms with Gasteiger partial charge >= 0.3 is 0 Å². The molecule has 0 unspecified atom stereocenters. The van der Waals surface area contributed by atoms with Crippen molar-refractivity contribution in [3.05, 3.63) is 59.2 Å². The van der Waals surface area contributed by atoms with Gasteiger partial charge in [0.15, 0.2) is 5.78 Å². The zero-order chi connectivity index (χ0) is 15.3. The predicted octanol–water partition coefficient (Wildman–Crippen LogP) is 2.97. The minimum Gasteiger partial charge on any atom is -0.289 e. The molecule has 1 aromatic rings. The standard InChI is InChI=1S/C16H18O4S/c17-16(14-8-2-1-3-9-14)15-10-4-6-13(12-15)7-5-11-21(18,19)20/h2,4,6,8-10,12H,1,3,5,7,11H2,(H,18,19,20). The molecule has 21 heavy (non-hydrogen) atoms. The fraction of sp³-hybridized carbons (Fsp3) is 0.312. The predicted molar refractivity (Wildman–Crippen MR) is 82.0 cm³/mol. The smallest absolute Gasteiger partial charge is 0.264 e. The van der Waals surface area contributed by atoms with E-state index in [2.05, 4.69) is 0 Å². The number of allylic oxidation sites excluding steroid dienone is 4. The molecule has 0 saturated heterocycles. The molecule has 112 valence electrons. The molecule has 0 bridgehead atoms. The number of rotatable bonds is 6. The van der Waals surface area contributed by atoms with Crippen LogP contribution in [0.25, 0.3) is 0 Å². The van der Waals surface area contributed by atoms with Crippen LogP contribution in [0.2, 0.25) is 0 Å². The van der Waals surface area contributed by atoms with E-state index in [-0.39, 0.29) is 11.5 Å². The summed E-state index contributed by atoms with van der Waals surface area (Å²) in [5.74, 6) is -0.276. The fourth-order valence-electron chi connectivity index (χ4n) is 2.28. The SMILES string of the molecule is O=C(C1=CCCC=C1)c1cccc(CCCS(=O)(=O)O)c1. The van der Waals surface area contributed by atoms with Crippen LogP contribution in [0.15, 0.2) is 48.1 Å². The average Bonchev–Trinajstić information content (AvgIpc) is 2.46. The molecule has 1 N–H and O–H groups in total. The number of carbonyl (C=O) groups is 1. The average molecular weight is 306 g/mol. The van der Waals surface area contributed by atoms with Gasteiger partial charge in [-0.25, -0.2) is 0 Å². The maximum absolute atomic E-state index is 12.3. The molecule has 0 heterocycles. The zero-order valence-corrected chi connectivity index (χ0v) is 12.5. The van der Waals surface area contributed by atoms with Gasteiger partial charge in [0, 0.05) is 11.1 Å². The van der Waals surface area contributed by atoms with Crippen LogP contribution in [-0.4, -0.2) is 24.5 Å². The topological polar surface area (TPSA) is 71.4 Å². The minimum atomic E-state index is -3.92. The Bertz CT molecular complexity index is 684. The van der Waals surface area contributed by atoms with Gasteiger partial charge in [0.2, 0.25) is 0 Å². The second-order valence-corrected chi connectivity index (χ2v) is 6.63. The molecule has 5 heteroatoms. The van der Waals surface area contributed by atoms with E-state index in [1.54, 1.807) is 18.2 Å². The summed E-state index contributed by atoms with van der Waals surface area (Å²) < 4.78 is 30.1. The normalized spacial score (nSPS) is 14.8. The van der Waals surface area contributed by atoms with Gasteiger partial charge in [-0.3, -0.25) is 9.35 Å². The molecular weight excluding hydrogens is 288 g/mol. The third kappa shape index (κ3) is 4.95. The van der Waals surface area contributed by atoms with Crippen molar-refractivity contribution < 1.29 is 17.8 Å². The lowest BCUT2D eigenvalue weighted by molar-refractivity contribution is 0.103. The third-order valence-electron chi connectivity index (χ3n) is 3.31. The summed E-state index contributed by atoms with van der Waals surface area (Å²) in [6, 6.07) is 7.20. The Labute approximate surface area is 124 Å². The molecule has 0 atom stereocenters. The van der Waals surface area contributed by atoms with Gasteiger partial charge < -0.3 is 0 Å². The molecule has 0 saturated carbocycles. The monoisotopic (exact) mass is 306 g/mol. The number of hydrogen-bond acceptors (Lipinski definition) is 3. The first kappa shape index (κ1) is 15.7. The van der Waals surface area contributed by atoms with E-state index in [9.17, 15) is 13.2 Å². The summed E-state index contributed by atoms with van der Waals surface area (Å²) in [5.41, 5.74) is 2.21. The van der Waals surface area contributed by atoms with E-state index >= 15 is 0 Å². The van der Waals surface area contributed by atoms with Crippen molar-refractivity contribution >= 4 is 15.9 Å². The van der Waals surface area contributed by atoms with Gasteiger partial charge in [-0.2, -0.15) is 8.42 Å². The maximum Gasteiger partial charge on any atom is 0.264 e. The molecule has 1 aromatic carbocycles. The molecule has 0 aliphatic heterocycles. The van der Waals surface area contributed by atoms with E-state index < -0.39 is 10.1 Å². The maximum atomic E-state index is 12.3. The molecule has 1 aliphatic rings. The van der Waals surface area contributed by atoms with Crippen LogP contribution in [0.4, 0.5) is 0 Å². The van der Waals surface area contributed by atoms with Gasteiger partial charge in [0.25, 0.3) is 10.1 Å². The summed E-state index contributed by atoms with van der Waals surface area (Å²) in [6.07, 6.45) is 8.46. The molecule has 1 aliphatic carbocycles. The lowest BCUT2D eigenvalue weighted by Crippen LogP contribution is -2.06. The molecule has 0 radical (unpaired) electrons. The third-order valence-corrected chi connectivity index (χ3v) is 4.12. The number of benzene rings is 1. The Balaban J connectivity index is 2.05. The van der Waals surface area contributed by atoms with Crippen LogP contribution in [0.3, 0.4) is 0 Å². The van der Waals surface area contributed by atoms with Gasteiger partial charge in [-0.1, -0.05) is 36.4 Å². The Morgan fingerprint density at radius 3 is 2.71 bits per heavy atom. The molecule has 0 fully saturated rings. The minimum absolute atomic E-state index is 0.0115. The molecule has 2 rings (SSSR count). The molecule has 4 nitrogen and oxygen atoms in total. The molecular formula is C16H18O4S. The number of hydrogen-bond donors (Lipinski definition) is 1. The van der Waals surface area contributed by atoms with Crippen molar-refractivity contribution in [2.24, 2.45) is 0 Å². The molecule has 0 aromatic heterocycles. The summed E-state index contributed by atoms with van der Waals surface area (Å²) in [5, 5.41) is 0. The number of Topliss-reactive ketones (excluding diaryl/α,β-unsaturated/α-hetero) is 1. The van der Waals surface area contributed by atoms with Crippen LogP contribution in [0, 0.1) is 0 Å². The van der Waals surface area contributed by atoms with E-state index in [1.165, 1.54) is 0 Å². The van der Waals surface area contributed by atoms with Gasteiger partial charge in [-0.15, -0.1) is 0 Å². The Morgan fingerprint density at radius 1 is 1.24 bits per heavy atom. The highest BCUT2D eigenvalue weighted by atomic mass is 32.2. The Kier molecular flexibility index (Phi) is 5.09. The van der Waals surface area contributed by atoms with Crippen molar-refractivity contribution in [1.29, 1.82) is 0 Å². The highest BCUT2D eigenvalue weighted by molar-refractivity contribution is 7.85. The van der Waals surface area contributed by atoms with Crippen molar-refractivity contribution in [3.8, 4) is 0 Å². The largest absolute Gasteiger partial charge is 0.289 e. The fourth-order valence-corrected chi connectivity index (χ4v) is 2.78. The van der Waals surface area contributed by atoms with Crippen molar-refractivity contribution in [2.45, 2.75) is 25.7 Å². The zero-order valence-electron chi connectivity index (χ0n) is 11.7. The van der Waals surface area contributed by atoms with Gasteiger partial charge in [-0.05, 0) is 37.3 Å². The van der Waals surface area contributed by atoms with Crippen molar-refractivity contribution in [2.75, 3.05) is 5.75 Å². The number of carbonyl (C=O) groups excluding carboxylic acids is 1. The van der Waals surface area contributed by atoms with Crippen LogP contribution in [0.1, 0.15) is 35.2 Å². The second-order valence-electron chi connectivity index (χ2n) is 5.06. The summed E-state index contributed by atoms with van der Waals surface area (Å²) in [7, 11) is -3.92. The van der Waals surface area contributed by atoms with Crippen LogP contribution in [-0.2, 0) is 16.5 Å². The van der Waals surface area contributed by atoms with Crippen molar-refractivity contribution in [3.63, 3.8) is 0 Å². The highest BCUT2D eigenvalue weighted by Crippen LogP contribution is 2.17. The van der Waals surface area contributed by atoms with Crippen LogP contribution >= 0.6 is 0 Å². The molecule has 0 spiro atoms. The summed E-state index contributed by atoms with van der Waals surface area (Å²) in [4.78, 5) is 12.3. The lowest BCUT2D eigenvalue weighted by atomic mass is 9.96.